The van der Waals surface area contributed by atoms with Gasteiger partial charge in [-0.3, -0.25) is 24.3 Å². The number of aryl methyl sites for hydroxylation is 1. The summed E-state index contributed by atoms with van der Waals surface area (Å²) in [5, 5.41) is 15.4. The number of hydrogen-bond donors (Lipinski definition) is 3. The molecular weight excluding hydrogens is 394 g/mol. The van der Waals surface area contributed by atoms with Gasteiger partial charge in [0.2, 0.25) is 5.91 Å². The number of nitrogens with one attached hydrogen (secondary N) is 3. The number of H-pyrrole nitrogens is 2. The number of carbonyl (C=O) groups is 1. The van der Waals surface area contributed by atoms with Crippen molar-refractivity contribution in [3.8, 4) is 0 Å². The number of aromatic nitrogens is 6. The van der Waals surface area contributed by atoms with Crippen LogP contribution in [0.4, 0.5) is 5.95 Å². The number of halogens is 1. The van der Waals surface area contributed by atoms with Crippen LogP contribution in [0.2, 0.25) is 0 Å². The van der Waals surface area contributed by atoms with E-state index in [0.717, 1.165) is 10.0 Å². The van der Waals surface area contributed by atoms with Crippen LogP contribution in [0.3, 0.4) is 0 Å². The number of hydrogen-bond acceptors (Lipinski definition) is 6. The molecule has 1 unspecified atom stereocenters. The lowest BCUT2D eigenvalue weighted by molar-refractivity contribution is -0.117. The number of benzene rings is 1. The summed E-state index contributed by atoms with van der Waals surface area (Å²) in [5.74, 6) is -0.291. The molecule has 1 aliphatic rings. The van der Waals surface area contributed by atoms with Crippen LogP contribution in [0, 0.1) is 0 Å². The van der Waals surface area contributed by atoms with Gasteiger partial charge < -0.3 is 4.98 Å². The summed E-state index contributed by atoms with van der Waals surface area (Å²) in [6.07, 6.45) is 1.30. The largest absolute Gasteiger partial charge is 0.317 e. The fourth-order valence-electron chi connectivity index (χ4n) is 3.21. The molecule has 1 amide bonds. The molecule has 0 saturated heterocycles. The Hall–Kier alpha value is -2.82. The normalized spacial score (nSPS) is 16.1. The Morgan fingerprint density at radius 2 is 2.24 bits per heavy atom. The molecule has 1 aliphatic heterocycles. The highest BCUT2D eigenvalue weighted by atomic mass is 79.9. The molecule has 2 aromatic heterocycles. The number of anilines is 1. The van der Waals surface area contributed by atoms with E-state index in [4.69, 9.17) is 0 Å². The number of carbonyl (C=O) groups excluding carboxylic acids is 1. The number of tetrazole rings is 1. The third kappa shape index (κ3) is 2.76. The van der Waals surface area contributed by atoms with Gasteiger partial charge in [-0.25, -0.2) is 0 Å². The minimum atomic E-state index is -0.706. The van der Waals surface area contributed by atoms with E-state index in [1.165, 1.54) is 4.57 Å². The average molecular weight is 406 g/mol. The van der Waals surface area contributed by atoms with Gasteiger partial charge in [-0.05, 0) is 35.8 Å². The van der Waals surface area contributed by atoms with Crippen molar-refractivity contribution in [3.05, 3.63) is 42.9 Å². The van der Waals surface area contributed by atoms with Crippen LogP contribution in [-0.2, 0) is 11.2 Å². The van der Waals surface area contributed by atoms with Crippen LogP contribution < -0.4 is 16.4 Å². The van der Waals surface area contributed by atoms with Gasteiger partial charge in [0, 0.05) is 16.9 Å². The predicted molar refractivity (Wildman–Crippen MR) is 91.3 cm³/mol. The molecule has 3 N–H and O–H groups in total. The molecule has 1 aromatic carbocycles. The maximum absolute atomic E-state index is 12.4. The van der Waals surface area contributed by atoms with Crippen LogP contribution >= 0.6 is 15.9 Å². The van der Waals surface area contributed by atoms with Gasteiger partial charge in [0.15, 0.2) is 0 Å². The lowest BCUT2D eigenvalue weighted by Crippen LogP contribution is -2.41. The monoisotopic (exact) mass is 405 g/mol. The second kappa shape index (κ2) is 5.92. The van der Waals surface area contributed by atoms with Crippen LogP contribution in [0.15, 0.2) is 26.2 Å². The Morgan fingerprint density at radius 3 is 3.00 bits per heavy atom. The minimum Gasteiger partial charge on any atom is -0.316 e. The Balaban J connectivity index is 1.76. The van der Waals surface area contributed by atoms with Gasteiger partial charge in [-0.1, -0.05) is 21.0 Å². The predicted octanol–water partition coefficient (Wildman–Crippen LogP) is 0.481. The molecule has 0 radical (unpaired) electrons. The van der Waals surface area contributed by atoms with Crippen molar-refractivity contribution in [1.29, 1.82) is 0 Å². The van der Waals surface area contributed by atoms with Crippen molar-refractivity contribution < 1.29 is 4.79 Å². The molecule has 10 nitrogen and oxygen atoms in total. The van der Waals surface area contributed by atoms with E-state index in [2.05, 4.69) is 46.9 Å². The standard InChI is InChI=1S/C14H12BrN7O3/c15-7-3-6-1-2-8(5-10(23)17-14-18-20-21-19-14)22-11(6)9(4-7)16-12(24)13(22)25/h3-4,8H,1-2,5H2,(H,16,24)(H2,17,18,19,20,21,23). The number of nitrogens with zero attached hydrogens (tertiary/aromatic N) is 4. The molecule has 3 aromatic rings. The Kier molecular flexibility index (Phi) is 3.71. The minimum absolute atomic E-state index is 0.0303. The second-order valence-corrected chi connectivity index (χ2v) is 6.69. The van der Waals surface area contributed by atoms with Crippen LogP contribution in [0.25, 0.3) is 11.0 Å². The van der Waals surface area contributed by atoms with Crippen LogP contribution in [0.5, 0.6) is 0 Å². The van der Waals surface area contributed by atoms with E-state index in [0.29, 0.717) is 23.9 Å². The van der Waals surface area contributed by atoms with E-state index in [1.54, 1.807) is 6.07 Å². The highest BCUT2D eigenvalue weighted by molar-refractivity contribution is 9.10. The van der Waals surface area contributed by atoms with Crippen molar-refractivity contribution in [2.24, 2.45) is 0 Å². The van der Waals surface area contributed by atoms with Gasteiger partial charge in [-0.2, -0.15) is 5.21 Å². The zero-order chi connectivity index (χ0) is 17.6. The lowest BCUT2D eigenvalue weighted by Gasteiger charge is -2.27. The number of rotatable bonds is 3. The smallest absolute Gasteiger partial charge is 0.316 e. The SMILES string of the molecule is O=C(CC1CCc2cc(Br)cc3[nH]c(=O)c(=O)n1c23)Nc1nn[nH]n1. The maximum Gasteiger partial charge on any atom is 0.317 e. The molecule has 0 bridgehead atoms. The van der Waals surface area contributed by atoms with E-state index in [1.807, 2.05) is 6.07 Å². The molecule has 0 aliphatic carbocycles. The molecule has 0 fully saturated rings. The van der Waals surface area contributed by atoms with E-state index < -0.39 is 17.2 Å². The molecular formula is C14H12BrN7O3. The number of amides is 1. The molecule has 25 heavy (non-hydrogen) atoms. The average Bonchev–Trinajstić information content (AvgIpc) is 3.06. The first-order valence-electron chi connectivity index (χ1n) is 7.53. The first-order valence-corrected chi connectivity index (χ1v) is 8.32. The zero-order valence-corrected chi connectivity index (χ0v) is 14.3. The molecule has 128 valence electrons. The van der Waals surface area contributed by atoms with E-state index in [9.17, 15) is 14.4 Å². The third-order valence-corrected chi connectivity index (χ3v) is 4.64. The summed E-state index contributed by atoms with van der Waals surface area (Å²) in [4.78, 5) is 39.3. The summed E-state index contributed by atoms with van der Waals surface area (Å²) in [7, 11) is 0. The van der Waals surface area contributed by atoms with Gasteiger partial charge in [-0.15, -0.1) is 5.10 Å². The first-order chi connectivity index (χ1) is 12.0. The number of aromatic amines is 2. The van der Waals surface area contributed by atoms with Gasteiger partial charge >= 0.3 is 11.1 Å². The van der Waals surface area contributed by atoms with Crippen LogP contribution in [-0.4, -0.2) is 36.1 Å². The molecule has 11 heteroatoms. The second-order valence-electron chi connectivity index (χ2n) is 5.77. The van der Waals surface area contributed by atoms with Crippen molar-refractivity contribution >= 4 is 38.8 Å². The quantitative estimate of drug-likeness (QED) is 0.541. The summed E-state index contributed by atoms with van der Waals surface area (Å²) >= 11 is 3.41. The van der Waals surface area contributed by atoms with Gasteiger partial charge in [0.05, 0.1) is 11.0 Å². The fraction of sp³-hybridized carbons (Fsp3) is 0.286. The summed E-state index contributed by atoms with van der Waals surface area (Å²) in [6, 6.07) is 3.25. The highest BCUT2D eigenvalue weighted by Crippen LogP contribution is 2.32. The van der Waals surface area contributed by atoms with Crippen molar-refractivity contribution in [3.63, 3.8) is 0 Å². The third-order valence-electron chi connectivity index (χ3n) is 4.19. The summed E-state index contributed by atoms with van der Waals surface area (Å²) in [6.45, 7) is 0. The molecule has 0 saturated carbocycles. The fourth-order valence-corrected chi connectivity index (χ4v) is 3.72. The topological polar surface area (TPSA) is 138 Å². The molecule has 0 spiro atoms. The first kappa shape index (κ1) is 15.7. The Bertz CT molecular complexity index is 1090. The van der Waals surface area contributed by atoms with Crippen LogP contribution in [0.1, 0.15) is 24.4 Å². The summed E-state index contributed by atoms with van der Waals surface area (Å²) in [5.41, 5.74) is 0.816. The van der Waals surface area contributed by atoms with E-state index in [-0.39, 0.29) is 18.3 Å². The van der Waals surface area contributed by atoms with Gasteiger partial charge in [0.1, 0.15) is 0 Å². The Morgan fingerprint density at radius 1 is 1.40 bits per heavy atom. The zero-order valence-electron chi connectivity index (χ0n) is 12.7. The van der Waals surface area contributed by atoms with Crippen molar-refractivity contribution in [2.75, 3.05) is 5.32 Å². The van der Waals surface area contributed by atoms with Gasteiger partial charge in [0.25, 0.3) is 5.95 Å². The molecule has 3 heterocycles. The van der Waals surface area contributed by atoms with Crippen molar-refractivity contribution in [1.82, 2.24) is 30.2 Å². The summed E-state index contributed by atoms with van der Waals surface area (Å²) < 4.78 is 2.25. The molecule has 4 rings (SSSR count). The molecule has 1 atom stereocenters. The van der Waals surface area contributed by atoms with E-state index >= 15 is 0 Å². The maximum atomic E-state index is 12.4. The van der Waals surface area contributed by atoms with Crippen molar-refractivity contribution in [2.45, 2.75) is 25.3 Å². The highest BCUT2D eigenvalue weighted by Gasteiger charge is 2.26. The Labute approximate surface area is 147 Å². The lowest BCUT2D eigenvalue weighted by atomic mass is 9.96.